The average molecular weight is 416 g/mol. The fraction of sp³-hybridized carbons (Fsp3) is 0.240. The molecular formula is C25H24N2O4. The molecule has 0 aliphatic carbocycles. The third-order valence-corrected chi connectivity index (χ3v) is 5.18. The van der Waals surface area contributed by atoms with E-state index >= 15 is 0 Å². The molecule has 0 radical (unpaired) electrons. The number of pyridine rings is 1. The second-order valence-electron chi connectivity index (χ2n) is 7.62. The smallest absolute Gasteiger partial charge is 0.271 e. The lowest BCUT2D eigenvalue weighted by Gasteiger charge is -2.16. The van der Waals surface area contributed by atoms with Gasteiger partial charge in [-0.05, 0) is 41.7 Å². The molecule has 1 heterocycles. The summed E-state index contributed by atoms with van der Waals surface area (Å²) < 4.78 is 6.65. The third kappa shape index (κ3) is 4.67. The quantitative estimate of drug-likeness (QED) is 0.584. The maximum Gasteiger partial charge on any atom is 0.271 e. The van der Waals surface area contributed by atoms with Crippen molar-refractivity contribution in [3.8, 4) is 17.7 Å². The van der Waals surface area contributed by atoms with Gasteiger partial charge in [-0.25, -0.2) is 0 Å². The number of rotatable bonds is 7. The van der Waals surface area contributed by atoms with Gasteiger partial charge in [-0.2, -0.15) is 5.26 Å². The molecule has 0 amide bonds. The zero-order valence-corrected chi connectivity index (χ0v) is 17.8. The van der Waals surface area contributed by atoms with Crippen LogP contribution in [0, 0.1) is 18.3 Å². The Morgan fingerprint density at radius 3 is 2.35 bits per heavy atom. The number of Topliss-reactive ketones (excluding diaryl/α,β-unsaturated/α-hetero) is 1. The number of ether oxygens (including phenoxy) is 1. The van der Waals surface area contributed by atoms with Crippen LogP contribution in [-0.4, -0.2) is 22.1 Å². The highest BCUT2D eigenvalue weighted by atomic mass is 16.5. The monoisotopic (exact) mass is 416 g/mol. The number of carbonyl (C=O) groups is 1. The summed E-state index contributed by atoms with van der Waals surface area (Å²) in [6.45, 7) is 5.36. The molecule has 2 aromatic carbocycles. The van der Waals surface area contributed by atoms with Crippen molar-refractivity contribution in [3.05, 3.63) is 92.8 Å². The first-order valence-corrected chi connectivity index (χ1v) is 9.99. The topological polar surface area (TPSA) is 92.3 Å². The molecule has 6 nitrogen and oxygen atoms in total. The number of nitriles is 1. The first-order chi connectivity index (χ1) is 14.8. The van der Waals surface area contributed by atoms with Gasteiger partial charge in [0.15, 0.2) is 6.61 Å². The molecule has 0 aliphatic rings. The predicted molar refractivity (Wildman–Crippen MR) is 118 cm³/mol. The fourth-order valence-corrected chi connectivity index (χ4v) is 3.37. The fourth-order valence-electron chi connectivity index (χ4n) is 3.37. The largest absolute Gasteiger partial charge is 0.494 e. The number of benzene rings is 2. The molecule has 0 atom stereocenters. The summed E-state index contributed by atoms with van der Waals surface area (Å²) in [6, 6.07) is 18.3. The van der Waals surface area contributed by atoms with Crippen LogP contribution in [0.2, 0.25) is 0 Å². The van der Waals surface area contributed by atoms with Crippen molar-refractivity contribution >= 4 is 5.78 Å². The maximum atomic E-state index is 12.9. The number of carbonyl (C=O) groups excluding carboxylic acids is 1. The van der Waals surface area contributed by atoms with Crippen molar-refractivity contribution in [1.29, 1.82) is 5.26 Å². The van der Waals surface area contributed by atoms with E-state index in [2.05, 4.69) is 13.8 Å². The summed E-state index contributed by atoms with van der Waals surface area (Å²) in [5.74, 6) is -0.0753. The Morgan fingerprint density at radius 2 is 1.77 bits per heavy atom. The van der Waals surface area contributed by atoms with Crippen molar-refractivity contribution < 1.29 is 14.6 Å². The number of nitrogens with zero attached hydrogens (tertiary/aromatic N) is 2. The van der Waals surface area contributed by atoms with Crippen LogP contribution in [0.3, 0.4) is 0 Å². The van der Waals surface area contributed by atoms with Gasteiger partial charge in [0, 0.05) is 0 Å². The first-order valence-electron chi connectivity index (χ1n) is 9.99. The van der Waals surface area contributed by atoms with E-state index in [1.54, 1.807) is 36.4 Å². The number of hydrogen-bond donors (Lipinski definition) is 1. The normalized spacial score (nSPS) is 10.7. The summed E-state index contributed by atoms with van der Waals surface area (Å²) in [4.78, 5) is 25.6. The van der Waals surface area contributed by atoms with E-state index in [-0.39, 0.29) is 29.8 Å². The van der Waals surface area contributed by atoms with Crippen LogP contribution < -0.4 is 10.3 Å². The van der Waals surface area contributed by atoms with Crippen LogP contribution in [0.1, 0.15) is 52.4 Å². The van der Waals surface area contributed by atoms with E-state index in [0.717, 1.165) is 15.7 Å². The van der Waals surface area contributed by atoms with Crippen molar-refractivity contribution in [3.63, 3.8) is 0 Å². The van der Waals surface area contributed by atoms with Gasteiger partial charge in [0.1, 0.15) is 17.4 Å². The summed E-state index contributed by atoms with van der Waals surface area (Å²) >= 11 is 0. The van der Waals surface area contributed by atoms with Crippen LogP contribution in [0.4, 0.5) is 0 Å². The lowest BCUT2D eigenvalue weighted by atomic mass is 10.0. The van der Waals surface area contributed by atoms with Gasteiger partial charge in [-0.3, -0.25) is 14.2 Å². The Labute approximate surface area is 181 Å². The molecule has 158 valence electrons. The van der Waals surface area contributed by atoms with Crippen molar-refractivity contribution in [2.45, 2.75) is 33.2 Å². The van der Waals surface area contributed by atoms with E-state index in [1.165, 1.54) is 6.92 Å². The molecule has 1 N–H and O–H groups in total. The molecule has 6 heteroatoms. The second kappa shape index (κ2) is 9.31. The van der Waals surface area contributed by atoms with Crippen molar-refractivity contribution in [1.82, 2.24) is 4.57 Å². The molecule has 0 unspecified atom stereocenters. The Kier molecular flexibility index (Phi) is 6.56. The zero-order valence-electron chi connectivity index (χ0n) is 17.8. The number of hydrogen-bond acceptors (Lipinski definition) is 5. The van der Waals surface area contributed by atoms with Gasteiger partial charge in [-0.15, -0.1) is 0 Å². The molecule has 0 bridgehead atoms. The first kappa shape index (κ1) is 21.8. The summed E-state index contributed by atoms with van der Waals surface area (Å²) in [5.41, 5.74) is 1.18. The zero-order chi connectivity index (χ0) is 22.5. The lowest BCUT2D eigenvalue weighted by molar-refractivity contribution is 0.0916. The molecule has 3 aromatic rings. The van der Waals surface area contributed by atoms with Crippen LogP contribution in [0.25, 0.3) is 0 Å². The predicted octanol–water partition coefficient (Wildman–Crippen LogP) is 4.17. The van der Waals surface area contributed by atoms with Gasteiger partial charge >= 0.3 is 0 Å². The summed E-state index contributed by atoms with van der Waals surface area (Å²) in [7, 11) is 0. The van der Waals surface area contributed by atoms with Crippen LogP contribution in [-0.2, 0) is 6.54 Å². The molecular weight excluding hydrogens is 392 g/mol. The Balaban J connectivity index is 1.92. The second-order valence-corrected chi connectivity index (χ2v) is 7.62. The number of ketones is 1. The van der Waals surface area contributed by atoms with E-state index in [9.17, 15) is 20.0 Å². The Bertz CT molecular complexity index is 1190. The Morgan fingerprint density at radius 1 is 1.13 bits per heavy atom. The van der Waals surface area contributed by atoms with E-state index < -0.39 is 17.2 Å². The number of aromatic nitrogens is 1. The molecule has 0 spiro atoms. The van der Waals surface area contributed by atoms with Crippen molar-refractivity contribution in [2.24, 2.45) is 0 Å². The van der Waals surface area contributed by atoms with Gasteiger partial charge in [-0.1, -0.05) is 56.3 Å². The van der Waals surface area contributed by atoms with Gasteiger partial charge < -0.3 is 9.84 Å². The average Bonchev–Trinajstić information content (AvgIpc) is 2.76. The van der Waals surface area contributed by atoms with E-state index in [4.69, 9.17) is 4.74 Å². The van der Waals surface area contributed by atoms with Crippen molar-refractivity contribution in [2.75, 3.05) is 6.61 Å². The van der Waals surface area contributed by atoms with Crippen LogP contribution in [0.15, 0.2) is 59.4 Å². The molecule has 31 heavy (non-hydrogen) atoms. The third-order valence-electron chi connectivity index (χ3n) is 5.18. The highest BCUT2D eigenvalue weighted by Crippen LogP contribution is 2.24. The molecule has 0 fully saturated rings. The molecule has 3 rings (SSSR count). The summed E-state index contributed by atoms with van der Waals surface area (Å²) in [6.07, 6.45) is 0. The lowest BCUT2D eigenvalue weighted by Crippen LogP contribution is -2.28. The van der Waals surface area contributed by atoms with E-state index in [1.807, 2.05) is 24.3 Å². The maximum absolute atomic E-state index is 12.9. The SMILES string of the molecule is Cc1c(C(=O)COc2ccc(C(C)C)cc2)c(O)n(Cc2ccccc2)c(=O)c1C#N. The van der Waals surface area contributed by atoms with Gasteiger partial charge in [0.05, 0.1) is 12.1 Å². The highest BCUT2D eigenvalue weighted by Gasteiger charge is 2.24. The van der Waals surface area contributed by atoms with E-state index in [0.29, 0.717) is 11.7 Å². The molecule has 1 aromatic heterocycles. The minimum Gasteiger partial charge on any atom is -0.494 e. The Hall–Kier alpha value is -3.85. The van der Waals surface area contributed by atoms with Crippen LogP contribution >= 0.6 is 0 Å². The minimum atomic E-state index is -0.636. The number of aromatic hydroxyl groups is 1. The standard InChI is InChI=1S/C25H24N2O4/c1-16(2)19-9-11-20(12-10-19)31-15-22(28)23-17(3)21(13-26)24(29)27(25(23)30)14-18-7-5-4-6-8-18/h4-12,16,30H,14-15H2,1-3H3. The van der Waals surface area contributed by atoms with Gasteiger partial charge in [0.25, 0.3) is 5.56 Å². The minimum absolute atomic E-state index is 0.0399. The molecule has 0 saturated carbocycles. The highest BCUT2D eigenvalue weighted by molar-refractivity contribution is 6.01. The van der Waals surface area contributed by atoms with Crippen LogP contribution in [0.5, 0.6) is 11.6 Å². The molecule has 0 saturated heterocycles. The summed E-state index contributed by atoms with van der Waals surface area (Å²) in [5, 5.41) is 20.3. The molecule has 0 aliphatic heterocycles. The van der Waals surface area contributed by atoms with Gasteiger partial charge in [0.2, 0.25) is 11.7 Å².